The number of nitrogens with zero attached hydrogens (tertiary/aromatic N) is 1. The molecule has 1 heterocycles. The first kappa shape index (κ1) is 11.6. The monoisotopic (exact) mass is 219 g/mol. The Balaban J connectivity index is 2.16. The minimum atomic E-state index is 0.532. The highest BCUT2D eigenvalue weighted by atomic mass is 16.5. The third-order valence-corrected chi connectivity index (χ3v) is 3.21. The van der Waals surface area contributed by atoms with E-state index in [1.165, 1.54) is 5.56 Å². The molecule has 1 aromatic rings. The zero-order valence-electron chi connectivity index (χ0n) is 10.2. The second-order valence-corrected chi connectivity index (χ2v) is 4.75. The summed E-state index contributed by atoms with van der Waals surface area (Å²) < 4.78 is 5.42. The SMILES string of the molecule is CC(C)C(c1ccccc1)N1CCOCC1. The maximum Gasteiger partial charge on any atom is 0.0594 e. The first-order valence-electron chi connectivity index (χ1n) is 6.16. The molecule has 2 rings (SSSR count). The first-order valence-corrected chi connectivity index (χ1v) is 6.16. The van der Waals surface area contributed by atoms with Gasteiger partial charge >= 0.3 is 0 Å². The molecule has 0 saturated carbocycles. The minimum Gasteiger partial charge on any atom is -0.379 e. The molecule has 0 N–H and O–H groups in total. The summed E-state index contributed by atoms with van der Waals surface area (Å²) in [4.78, 5) is 2.55. The van der Waals surface area contributed by atoms with Gasteiger partial charge in [0.05, 0.1) is 13.2 Å². The van der Waals surface area contributed by atoms with Crippen LogP contribution in [0.1, 0.15) is 25.5 Å². The van der Waals surface area contributed by atoms with Gasteiger partial charge in [0.15, 0.2) is 0 Å². The summed E-state index contributed by atoms with van der Waals surface area (Å²) >= 11 is 0. The van der Waals surface area contributed by atoms with Crippen molar-refractivity contribution in [1.82, 2.24) is 4.90 Å². The van der Waals surface area contributed by atoms with Crippen LogP contribution >= 0.6 is 0 Å². The van der Waals surface area contributed by atoms with E-state index < -0.39 is 0 Å². The molecule has 1 unspecified atom stereocenters. The van der Waals surface area contributed by atoms with Crippen LogP contribution in [0.3, 0.4) is 0 Å². The van der Waals surface area contributed by atoms with Crippen LogP contribution < -0.4 is 0 Å². The fourth-order valence-electron chi connectivity index (χ4n) is 2.52. The largest absolute Gasteiger partial charge is 0.379 e. The van der Waals surface area contributed by atoms with Crippen LogP contribution in [-0.2, 0) is 4.74 Å². The number of morpholine rings is 1. The third kappa shape index (κ3) is 2.63. The molecule has 16 heavy (non-hydrogen) atoms. The van der Waals surface area contributed by atoms with Crippen LogP contribution in [0.2, 0.25) is 0 Å². The fraction of sp³-hybridized carbons (Fsp3) is 0.571. The number of benzene rings is 1. The third-order valence-electron chi connectivity index (χ3n) is 3.21. The van der Waals surface area contributed by atoms with Crippen LogP contribution in [0.15, 0.2) is 30.3 Å². The second kappa shape index (κ2) is 5.46. The number of ether oxygens (including phenoxy) is 1. The van der Waals surface area contributed by atoms with Crippen molar-refractivity contribution >= 4 is 0 Å². The van der Waals surface area contributed by atoms with Gasteiger partial charge in [0, 0.05) is 19.1 Å². The van der Waals surface area contributed by atoms with E-state index in [1.807, 2.05) is 0 Å². The van der Waals surface area contributed by atoms with Gasteiger partial charge in [-0.1, -0.05) is 44.2 Å². The summed E-state index contributed by atoms with van der Waals surface area (Å²) in [6, 6.07) is 11.3. The van der Waals surface area contributed by atoms with Gasteiger partial charge in [-0.25, -0.2) is 0 Å². The Morgan fingerprint density at radius 2 is 1.69 bits per heavy atom. The minimum absolute atomic E-state index is 0.532. The first-order chi connectivity index (χ1) is 7.79. The topological polar surface area (TPSA) is 12.5 Å². The Labute approximate surface area is 98.2 Å². The molecule has 1 aliphatic heterocycles. The van der Waals surface area contributed by atoms with Gasteiger partial charge in [-0.3, -0.25) is 4.90 Å². The van der Waals surface area contributed by atoms with Gasteiger partial charge in [-0.15, -0.1) is 0 Å². The van der Waals surface area contributed by atoms with E-state index in [0.717, 1.165) is 26.3 Å². The standard InChI is InChI=1S/C14H21NO/c1-12(2)14(13-6-4-3-5-7-13)15-8-10-16-11-9-15/h3-7,12,14H,8-11H2,1-2H3. The summed E-state index contributed by atoms with van der Waals surface area (Å²) in [6.45, 7) is 8.45. The zero-order chi connectivity index (χ0) is 11.4. The molecule has 1 saturated heterocycles. The molecule has 0 amide bonds. The van der Waals surface area contributed by atoms with Crippen LogP contribution in [0.4, 0.5) is 0 Å². The van der Waals surface area contributed by atoms with Crippen LogP contribution in [0, 0.1) is 5.92 Å². The highest BCUT2D eigenvalue weighted by Crippen LogP contribution is 2.28. The van der Waals surface area contributed by atoms with Gasteiger partial charge in [0.2, 0.25) is 0 Å². The van der Waals surface area contributed by atoms with E-state index in [9.17, 15) is 0 Å². The Morgan fingerprint density at radius 3 is 2.25 bits per heavy atom. The lowest BCUT2D eigenvalue weighted by molar-refractivity contribution is 0.00563. The van der Waals surface area contributed by atoms with Crippen molar-refractivity contribution < 1.29 is 4.74 Å². The van der Waals surface area contributed by atoms with Gasteiger partial charge in [-0.2, -0.15) is 0 Å². The highest BCUT2D eigenvalue weighted by Gasteiger charge is 2.24. The summed E-state index contributed by atoms with van der Waals surface area (Å²) in [7, 11) is 0. The van der Waals surface area contributed by atoms with E-state index in [-0.39, 0.29) is 0 Å². The average Bonchev–Trinajstić information content (AvgIpc) is 2.31. The highest BCUT2D eigenvalue weighted by molar-refractivity contribution is 5.19. The lowest BCUT2D eigenvalue weighted by Gasteiger charge is -2.37. The van der Waals surface area contributed by atoms with E-state index in [2.05, 4.69) is 49.1 Å². The van der Waals surface area contributed by atoms with Gasteiger partial charge in [0.25, 0.3) is 0 Å². The second-order valence-electron chi connectivity index (χ2n) is 4.75. The molecule has 1 fully saturated rings. The summed E-state index contributed by atoms with van der Waals surface area (Å²) in [5.74, 6) is 0.639. The summed E-state index contributed by atoms with van der Waals surface area (Å²) in [5.41, 5.74) is 1.43. The van der Waals surface area contributed by atoms with E-state index in [0.29, 0.717) is 12.0 Å². The Morgan fingerprint density at radius 1 is 1.06 bits per heavy atom. The predicted molar refractivity (Wildman–Crippen MR) is 66.4 cm³/mol. The van der Waals surface area contributed by atoms with E-state index >= 15 is 0 Å². The summed E-state index contributed by atoms with van der Waals surface area (Å²) in [6.07, 6.45) is 0. The molecule has 0 bridgehead atoms. The van der Waals surface area contributed by atoms with Gasteiger partial charge in [0.1, 0.15) is 0 Å². The van der Waals surface area contributed by atoms with Gasteiger partial charge in [-0.05, 0) is 11.5 Å². The quantitative estimate of drug-likeness (QED) is 0.775. The molecule has 2 heteroatoms. The molecule has 0 spiro atoms. The molecule has 0 aliphatic carbocycles. The summed E-state index contributed by atoms with van der Waals surface area (Å²) in [5, 5.41) is 0. The Hall–Kier alpha value is -0.860. The van der Waals surface area contributed by atoms with Crippen molar-refractivity contribution in [3.63, 3.8) is 0 Å². The normalized spacial score (nSPS) is 19.9. The maximum atomic E-state index is 5.42. The lowest BCUT2D eigenvalue weighted by Crippen LogP contribution is -2.40. The molecule has 88 valence electrons. The Kier molecular flexibility index (Phi) is 3.97. The van der Waals surface area contributed by atoms with Crippen molar-refractivity contribution in [2.24, 2.45) is 5.92 Å². The van der Waals surface area contributed by atoms with Crippen molar-refractivity contribution in [2.75, 3.05) is 26.3 Å². The molecule has 1 aromatic carbocycles. The average molecular weight is 219 g/mol. The van der Waals surface area contributed by atoms with E-state index in [4.69, 9.17) is 4.74 Å². The smallest absolute Gasteiger partial charge is 0.0594 e. The zero-order valence-corrected chi connectivity index (χ0v) is 10.2. The fourth-order valence-corrected chi connectivity index (χ4v) is 2.52. The lowest BCUT2D eigenvalue weighted by atomic mass is 9.94. The van der Waals surface area contributed by atoms with Crippen molar-refractivity contribution in [2.45, 2.75) is 19.9 Å². The van der Waals surface area contributed by atoms with Crippen molar-refractivity contribution in [1.29, 1.82) is 0 Å². The molecule has 1 atom stereocenters. The number of hydrogen-bond donors (Lipinski definition) is 0. The van der Waals surface area contributed by atoms with Gasteiger partial charge < -0.3 is 4.74 Å². The number of hydrogen-bond acceptors (Lipinski definition) is 2. The predicted octanol–water partition coefficient (Wildman–Crippen LogP) is 2.72. The molecular weight excluding hydrogens is 198 g/mol. The van der Waals surface area contributed by atoms with Crippen LogP contribution in [-0.4, -0.2) is 31.2 Å². The molecule has 2 nitrogen and oxygen atoms in total. The molecule has 0 radical (unpaired) electrons. The van der Waals surface area contributed by atoms with Crippen LogP contribution in [0.25, 0.3) is 0 Å². The molecule has 0 aromatic heterocycles. The van der Waals surface area contributed by atoms with Crippen molar-refractivity contribution in [3.8, 4) is 0 Å². The van der Waals surface area contributed by atoms with Crippen LogP contribution in [0.5, 0.6) is 0 Å². The van der Waals surface area contributed by atoms with Crippen molar-refractivity contribution in [3.05, 3.63) is 35.9 Å². The maximum absolute atomic E-state index is 5.42. The molecular formula is C14H21NO. The number of rotatable bonds is 3. The van der Waals surface area contributed by atoms with E-state index in [1.54, 1.807) is 0 Å². The Bertz CT molecular complexity index is 304. The molecule has 1 aliphatic rings.